The molecule has 0 aliphatic carbocycles. The highest BCUT2D eigenvalue weighted by molar-refractivity contribution is 7.19. The molecule has 138 valence electrons. The van der Waals surface area contributed by atoms with Crippen LogP contribution in [0.3, 0.4) is 0 Å². The predicted octanol–water partition coefficient (Wildman–Crippen LogP) is 4.38. The third-order valence-electron chi connectivity index (χ3n) is 3.70. The highest BCUT2D eigenvalue weighted by Gasteiger charge is 2.17. The van der Waals surface area contributed by atoms with Gasteiger partial charge in [-0.1, -0.05) is 6.92 Å². The van der Waals surface area contributed by atoms with Gasteiger partial charge >= 0.3 is 0 Å². The van der Waals surface area contributed by atoms with Crippen molar-refractivity contribution in [1.29, 1.82) is 0 Å². The van der Waals surface area contributed by atoms with Crippen LogP contribution in [0.15, 0.2) is 16.9 Å². The third kappa shape index (κ3) is 4.95. The average molecular weight is 425 g/mol. The van der Waals surface area contributed by atoms with Crippen LogP contribution in [0.25, 0.3) is 10.2 Å². The van der Waals surface area contributed by atoms with Gasteiger partial charge < -0.3 is 15.5 Å². The zero-order chi connectivity index (χ0) is 16.4. The fourth-order valence-electron chi connectivity index (χ4n) is 2.30. The molecule has 0 fully saturated rings. The number of nitrogens with zero attached hydrogens (tertiary/aromatic N) is 3. The molecule has 3 rings (SSSR count). The molecule has 10 heteroatoms. The molecular weight excluding hydrogens is 405 g/mol. The molecule has 1 atom stereocenters. The summed E-state index contributed by atoms with van der Waals surface area (Å²) in [5.41, 5.74) is 8.10. The lowest BCUT2D eigenvalue weighted by atomic mass is 10.1. The number of hydrogen-bond acceptors (Lipinski definition) is 7. The molecule has 0 aliphatic rings. The number of oxazole rings is 1. The molecule has 0 saturated heterocycles. The highest BCUT2D eigenvalue weighted by Crippen LogP contribution is 2.35. The Labute approximate surface area is 167 Å². The standard InChI is InChI=1S/C15H18ClN5OS.2ClH/c1-3-9(17)6-10-8(2)12-13(23-10)14(21-15(16)20-12)19-7-11-18-4-5-22-11;;/h4-5,9H,3,6-7,17H2,1-2H3,(H,19,20,21);2*1H. The van der Waals surface area contributed by atoms with Crippen LogP contribution in [0.1, 0.15) is 29.7 Å². The fraction of sp³-hybridized carbons (Fsp3) is 0.400. The third-order valence-corrected chi connectivity index (χ3v) is 5.18. The fourth-order valence-corrected chi connectivity index (χ4v) is 3.77. The predicted molar refractivity (Wildman–Crippen MR) is 107 cm³/mol. The summed E-state index contributed by atoms with van der Waals surface area (Å²) >= 11 is 7.74. The number of aromatic nitrogens is 3. The number of nitrogens with two attached hydrogens (primary N) is 1. The van der Waals surface area contributed by atoms with Crippen LogP contribution in [0, 0.1) is 6.92 Å². The van der Waals surface area contributed by atoms with E-state index in [1.807, 2.05) is 0 Å². The van der Waals surface area contributed by atoms with E-state index in [1.165, 1.54) is 4.88 Å². The van der Waals surface area contributed by atoms with Crippen molar-refractivity contribution in [2.75, 3.05) is 5.32 Å². The van der Waals surface area contributed by atoms with Crippen LogP contribution in [0.5, 0.6) is 0 Å². The first-order valence-corrected chi connectivity index (χ1v) is 8.61. The Balaban J connectivity index is 0.00000156. The Morgan fingerprint density at radius 2 is 2.12 bits per heavy atom. The lowest BCUT2D eigenvalue weighted by molar-refractivity contribution is 0.503. The topological polar surface area (TPSA) is 89.9 Å². The molecule has 1 unspecified atom stereocenters. The molecule has 3 heterocycles. The van der Waals surface area contributed by atoms with Crippen LogP contribution >= 0.6 is 47.8 Å². The number of hydrogen-bond donors (Lipinski definition) is 2. The van der Waals surface area contributed by atoms with Crippen LogP contribution < -0.4 is 11.1 Å². The van der Waals surface area contributed by atoms with Crippen molar-refractivity contribution in [1.82, 2.24) is 15.0 Å². The van der Waals surface area contributed by atoms with Gasteiger partial charge in [0, 0.05) is 10.9 Å². The minimum atomic E-state index is 0. The zero-order valence-electron chi connectivity index (χ0n) is 13.8. The Kier molecular flexibility index (Phi) is 8.37. The van der Waals surface area contributed by atoms with Gasteiger partial charge in [-0.2, -0.15) is 4.98 Å². The van der Waals surface area contributed by atoms with Crippen molar-refractivity contribution in [3.8, 4) is 0 Å². The van der Waals surface area contributed by atoms with E-state index < -0.39 is 0 Å². The van der Waals surface area contributed by atoms with Gasteiger partial charge in [-0.15, -0.1) is 36.2 Å². The summed E-state index contributed by atoms with van der Waals surface area (Å²) in [6.07, 6.45) is 4.92. The number of aryl methyl sites for hydroxylation is 1. The van der Waals surface area contributed by atoms with Crippen molar-refractivity contribution >= 4 is 63.8 Å². The first kappa shape index (κ1) is 21.9. The van der Waals surface area contributed by atoms with E-state index in [0.29, 0.717) is 18.3 Å². The van der Waals surface area contributed by atoms with Crippen molar-refractivity contribution < 1.29 is 4.42 Å². The number of halogens is 3. The second kappa shape index (κ2) is 9.54. The molecular formula is C15H20Cl3N5OS. The van der Waals surface area contributed by atoms with E-state index in [0.717, 1.165) is 28.6 Å². The van der Waals surface area contributed by atoms with E-state index >= 15 is 0 Å². The number of rotatable bonds is 6. The normalized spacial score (nSPS) is 11.7. The Hall–Kier alpha value is -1.12. The maximum absolute atomic E-state index is 6.09. The Bertz CT molecular complexity index is 809. The second-order valence-electron chi connectivity index (χ2n) is 5.32. The van der Waals surface area contributed by atoms with Crippen molar-refractivity contribution in [2.24, 2.45) is 5.73 Å². The number of thiophene rings is 1. The largest absolute Gasteiger partial charge is 0.447 e. The quantitative estimate of drug-likeness (QED) is 0.571. The van der Waals surface area contributed by atoms with Crippen LogP contribution in [0.4, 0.5) is 5.82 Å². The summed E-state index contributed by atoms with van der Waals surface area (Å²) in [7, 11) is 0. The van der Waals surface area contributed by atoms with Crippen molar-refractivity contribution in [3.63, 3.8) is 0 Å². The van der Waals surface area contributed by atoms with Gasteiger partial charge in [0.25, 0.3) is 0 Å². The number of nitrogens with one attached hydrogen (secondary N) is 1. The summed E-state index contributed by atoms with van der Waals surface area (Å²) in [5, 5.41) is 3.45. The Morgan fingerprint density at radius 3 is 2.76 bits per heavy atom. The van der Waals surface area contributed by atoms with Gasteiger partial charge in [0.1, 0.15) is 12.1 Å². The first-order chi connectivity index (χ1) is 11.1. The number of anilines is 1. The van der Waals surface area contributed by atoms with Crippen molar-refractivity contribution in [2.45, 2.75) is 39.3 Å². The molecule has 0 aromatic carbocycles. The molecule has 0 saturated carbocycles. The monoisotopic (exact) mass is 423 g/mol. The zero-order valence-corrected chi connectivity index (χ0v) is 17.0. The minimum Gasteiger partial charge on any atom is -0.447 e. The molecule has 3 N–H and O–H groups in total. The van der Waals surface area contributed by atoms with Crippen molar-refractivity contribution in [3.05, 3.63) is 34.1 Å². The summed E-state index contributed by atoms with van der Waals surface area (Å²) in [6.45, 7) is 4.58. The Morgan fingerprint density at radius 1 is 1.36 bits per heavy atom. The van der Waals surface area contributed by atoms with Crippen LogP contribution in [0.2, 0.25) is 5.28 Å². The smallest absolute Gasteiger partial charge is 0.224 e. The SMILES string of the molecule is CCC(N)Cc1sc2c(NCc3ncco3)nc(Cl)nc2c1C.Cl.Cl. The molecule has 0 aliphatic heterocycles. The maximum Gasteiger partial charge on any atom is 0.224 e. The molecule has 0 amide bonds. The van der Waals surface area contributed by atoms with Crippen LogP contribution in [-0.2, 0) is 13.0 Å². The van der Waals surface area contributed by atoms with Gasteiger partial charge in [0.15, 0.2) is 0 Å². The van der Waals surface area contributed by atoms with E-state index in [1.54, 1.807) is 23.8 Å². The molecule has 6 nitrogen and oxygen atoms in total. The van der Waals surface area contributed by atoms with E-state index in [2.05, 4.69) is 34.1 Å². The summed E-state index contributed by atoms with van der Waals surface area (Å²) in [6, 6.07) is 0.147. The highest BCUT2D eigenvalue weighted by atomic mass is 35.5. The van der Waals surface area contributed by atoms with Gasteiger partial charge in [-0.3, -0.25) is 0 Å². The van der Waals surface area contributed by atoms with E-state index in [-0.39, 0.29) is 36.1 Å². The lowest BCUT2D eigenvalue weighted by Crippen LogP contribution is -2.21. The average Bonchev–Trinajstić information content (AvgIpc) is 3.15. The molecule has 3 aromatic rings. The molecule has 0 radical (unpaired) electrons. The summed E-state index contributed by atoms with van der Waals surface area (Å²) < 4.78 is 6.21. The summed E-state index contributed by atoms with van der Waals surface area (Å²) in [5.74, 6) is 1.29. The molecule has 0 bridgehead atoms. The van der Waals surface area contributed by atoms with Gasteiger partial charge in [-0.25, -0.2) is 9.97 Å². The minimum absolute atomic E-state index is 0. The van der Waals surface area contributed by atoms with Gasteiger partial charge in [0.05, 0.1) is 23.0 Å². The van der Waals surface area contributed by atoms with E-state index in [4.69, 9.17) is 21.8 Å². The molecule has 25 heavy (non-hydrogen) atoms. The van der Waals surface area contributed by atoms with Gasteiger partial charge in [0.2, 0.25) is 11.2 Å². The lowest BCUT2D eigenvalue weighted by Gasteiger charge is -2.06. The first-order valence-electron chi connectivity index (χ1n) is 7.41. The van der Waals surface area contributed by atoms with Gasteiger partial charge in [-0.05, 0) is 36.9 Å². The molecule has 0 spiro atoms. The summed E-state index contributed by atoms with van der Waals surface area (Å²) in [4.78, 5) is 14.0. The van der Waals surface area contributed by atoms with Crippen LogP contribution in [-0.4, -0.2) is 21.0 Å². The second-order valence-corrected chi connectivity index (χ2v) is 6.76. The molecule has 3 aromatic heterocycles. The maximum atomic E-state index is 6.09. The number of fused-ring (bicyclic) bond motifs is 1. The van der Waals surface area contributed by atoms with E-state index in [9.17, 15) is 0 Å².